The number of hydrogen-bond donors (Lipinski definition) is 1. The Balaban J connectivity index is 2.02. The summed E-state index contributed by atoms with van der Waals surface area (Å²) >= 11 is 13.9. The van der Waals surface area contributed by atoms with E-state index in [9.17, 15) is 0 Å². The predicted molar refractivity (Wildman–Crippen MR) is 83.5 cm³/mol. The van der Waals surface area contributed by atoms with E-state index >= 15 is 0 Å². The van der Waals surface area contributed by atoms with Crippen LogP contribution >= 0.6 is 34.5 Å². The Bertz CT molecular complexity index is 575. The lowest BCUT2D eigenvalue weighted by Gasteiger charge is -2.27. The Hall–Kier alpha value is -0.540. The second kappa shape index (κ2) is 5.10. The van der Waals surface area contributed by atoms with Crippen molar-refractivity contribution in [3.05, 3.63) is 56.2 Å². The molecule has 1 heterocycles. The van der Waals surface area contributed by atoms with Crippen LogP contribution in [0.1, 0.15) is 30.0 Å². The lowest BCUT2D eigenvalue weighted by molar-refractivity contribution is 0.464. The monoisotopic (exact) mass is 311 g/mol. The molecule has 100 valence electrons. The fourth-order valence-electron chi connectivity index (χ4n) is 2.93. The first-order valence-electron chi connectivity index (χ1n) is 6.35. The van der Waals surface area contributed by atoms with E-state index in [1.54, 1.807) is 0 Å². The van der Waals surface area contributed by atoms with Crippen LogP contribution < -0.4 is 5.32 Å². The molecule has 0 aliphatic heterocycles. The highest BCUT2D eigenvalue weighted by atomic mass is 35.5. The number of likely N-dealkylation sites (N-methyl/N-ethyl adjacent to an activating group) is 1. The highest BCUT2D eigenvalue weighted by Gasteiger charge is 2.51. The van der Waals surface area contributed by atoms with E-state index in [0.717, 1.165) is 14.2 Å². The van der Waals surface area contributed by atoms with E-state index in [1.165, 1.54) is 29.7 Å². The zero-order valence-corrected chi connectivity index (χ0v) is 12.9. The molecule has 1 aromatic carbocycles. The largest absolute Gasteiger partial charge is 0.312 e. The van der Waals surface area contributed by atoms with Gasteiger partial charge in [0.25, 0.3) is 0 Å². The maximum Gasteiger partial charge on any atom is 0.0992 e. The van der Waals surface area contributed by atoms with Gasteiger partial charge in [-0.1, -0.05) is 53.5 Å². The van der Waals surface area contributed by atoms with Crippen molar-refractivity contribution in [2.45, 2.75) is 24.3 Å². The minimum absolute atomic E-state index is 0.171. The normalized spacial score (nSPS) is 18.3. The molecule has 1 aliphatic rings. The van der Waals surface area contributed by atoms with Crippen LogP contribution in [0.4, 0.5) is 0 Å². The first kappa shape index (κ1) is 13.4. The number of rotatable bonds is 4. The van der Waals surface area contributed by atoms with Gasteiger partial charge in [0, 0.05) is 17.0 Å². The summed E-state index contributed by atoms with van der Waals surface area (Å²) in [4.78, 5) is 0. The van der Waals surface area contributed by atoms with E-state index in [0.29, 0.717) is 0 Å². The second-order valence-corrected chi connectivity index (χ2v) is 7.31. The molecule has 0 bridgehead atoms. The Morgan fingerprint density at radius 2 is 1.89 bits per heavy atom. The molecule has 1 N–H and O–H groups in total. The molecule has 1 aliphatic carbocycles. The summed E-state index contributed by atoms with van der Waals surface area (Å²) in [6.45, 7) is 0. The molecular weight excluding hydrogens is 297 g/mol. The Labute approximate surface area is 127 Å². The number of hydrogen-bond acceptors (Lipinski definition) is 2. The molecule has 1 aromatic heterocycles. The molecule has 1 fully saturated rings. The standard InChI is InChI=1S/C15H15Cl2NS/c1-18-13(11-9-12(16)19-14(11)17)15(7-8-15)10-5-3-2-4-6-10/h2-6,9,13,18H,7-8H2,1H3. The molecule has 4 heteroatoms. The average molecular weight is 312 g/mol. The summed E-state index contributed by atoms with van der Waals surface area (Å²) in [5.41, 5.74) is 2.68. The van der Waals surface area contributed by atoms with Crippen LogP contribution in [0.15, 0.2) is 36.4 Å². The summed E-state index contributed by atoms with van der Waals surface area (Å²) in [5, 5.41) is 3.44. The van der Waals surface area contributed by atoms with Crippen molar-refractivity contribution >= 4 is 34.5 Å². The molecule has 0 spiro atoms. The number of thiophene rings is 1. The van der Waals surface area contributed by atoms with E-state index in [4.69, 9.17) is 23.2 Å². The van der Waals surface area contributed by atoms with Gasteiger partial charge < -0.3 is 5.32 Å². The topological polar surface area (TPSA) is 12.0 Å². The van der Waals surface area contributed by atoms with E-state index < -0.39 is 0 Å². The van der Waals surface area contributed by atoms with Gasteiger partial charge in [0.15, 0.2) is 0 Å². The van der Waals surface area contributed by atoms with Crippen LogP contribution in [0, 0.1) is 0 Å². The third-order valence-electron chi connectivity index (χ3n) is 3.97. The molecule has 19 heavy (non-hydrogen) atoms. The van der Waals surface area contributed by atoms with Gasteiger partial charge in [-0.15, -0.1) is 11.3 Å². The molecule has 0 saturated heterocycles. The number of nitrogens with one attached hydrogen (secondary N) is 1. The Kier molecular flexibility index (Phi) is 3.61. The number of halogens is 2. The van der Waals surface area contributed by atoms with Gasteiger partial charge in [0.1, 0.15) is 0 Å². The van der Waals surface area contributed by atoms with Gasteiger partial charge in [0.05, 0.1) is 8.67 Å². The summed E-state index contributed by atoms with van der Waals surface area (Å²) in [6.07, 6.45) is 2.37. The van der Waals surface area contributed by atoms with Crippen LogP contribution in [0.2, 0.25) is 8.67 Å². The minimum atomic E-state index is 0.171. The van der Waals surface area contributed by atoms with Crippen molar-refractivity contribution in [2.24, 2.45) is 0 Å². The lowest BCUT2D eigenvalue weighted by Crippen LogP contribution is -2.29. The van der Waals surface area contributed by atoms with Gasteiger partial charge in [0.2, 0.25) is 0 Å². The molecule has 1 nitrogen and oxygen atoms in total. The molecule has 3 rings (SSSR count). The Morgan fingerprint density at radius 3 is 2.37 bits per heavy atom. The maximum absolute atomic E-state index is 6.33. The molecule has 1 atom stereocenters. The minimum Gasteiger partial charge on any atom is -0.312 e. The molecule has 0 amide bonds. The van der Waals surface area contributed by atoms with Crippen LogP contribution in [-0.4, -0.2) is 7.05 Å². The van der Waals surface area contributed by atoms with Crippen molar-refractivity contribution in [2.75, 3.05) is 7.05 Å². The van der Waals surface area contributed by atoms with Gasteiger partial charge in [-0.3, -0.25) is 0 Å². The highest BCUT2D eigenvalue weighted by molar-refractivity contribution is 7.20. The SMILES string of the molecule is CNC(c1cc(Cl)sc1Cl)C1(c2ccccc2)CC1. The summed E-state index contributed by atoms with van der Waals surface area (Å²) in [7, 11) is 2.00. The van der Waals surface area contributed by atoms with Crippen molar-refractivity contribution in [3.8, 4) is 0 Å². The van der Waals surface area contributed by atoms with Crippen molar-refractivity contribution in [1.82, 2.24) is 5.32 Å². The molecular formula is C15H15Cl2NS. The van der Waals surface area contributed by atoms with Crippen LogP contribution in [0.5, 0.6) is 0 Å². The van der Waals surface area contributed by atoms with Crippen molar-refractivity contribution in [1.29, 1.82) is 0 Å². The molecule has 1 unspecified atom stereocenters. The predicted octanol–water partition coefficient (Wildman–Crippen LogP) is 5.05. The maximum atomic E-state index is 6.33. The number of benzene rings is 1. The lowest BCUT2D eigenvalue weighted by atomic mass is 9.85. The molecule has 2 aromatic rings. The summed E-state index contributed by atoms with van der Waals surface area (Å²) in [6, 6.07) is 12.9. The van der Waals surface area contributed by atoms with Crippen molar-refractivity contribution < 1.29 is 0 Å². The zero-order valence-electron chi connectivity index (χ0n) is 10.6. The van der Waals surface area contributed by atoms with E-state index in [2.05, 4.69) is 35.6 Å². The van der Waals surface area contributed by atoms with Gasteiger partial charge >= 0.3 is 0 Å². The third-order valence-corrected chi connectivity index (χ3v) is 5.49. The fraction of sp³-hybridized carbons (Fsp3) is 0.333. The molecule has 1 saturated carbocycles. The van der Waals surface area contributed by atoms with Crippen LogP contribution in [0.3, 0.4) is 0 Å². The zero-order chi connectivity index (χ0) is 13.5. The average Bonchev–Trinajstić information content (AvgIpc) is 3.14. The smallest absolute Gasteiger partial charge is 0.0992 e. The van der Waals surface area contributed by atoms with E-state index in [-0.39, 0.29) is 11.5 Å². The van der Waals surface area contributed by atoms with E-state index in [1.807, 2.05) is 13.1 Å². The summed E-state index contributed by atoms with van der Waals surface area (Å²) in [5.74, 6) is 0. The second-order valence-electron chi connectivity index (χ2n) is 5.02. The van der Waals surface area contributed by atoms with Crippen LogP contribution in [-0.2, 0) is 5.41 Å². The Morgan fingerprint density at radius 1 is 1.21 bits per heavy atom. The summed E-state index contributed by atoms with van der Waals surface area (Å²) < 4.78 is 1.55. The van der Waals surface area contributed by atoms with Gasteiger partial charge in [-0.25, -0.2) is 0 Å². The third kappa shape index (κ3) is 2.31. The van der Waals surface area contributed by atoms with Crippen molar-refractivity contribution in [3.63, 3.8) is 0 Å². The highest BCUT2D eigenvalue weighted by Crippen LogP contribution is 2.58. The molecule has 0 radical (unpaired) electrons. The van der Waals surface area contributed by atoms with Gasteiger partial charge in [-0.2, -0.15) is 0 Å². The quantitative estimate of drug-likeness (QED) is 0.833. The fourth-order valence-corrected chi connectivity index (χ4v) is 4.46. The first-order chi connectivity index (χ1) is 9.17. The first-order valence-corrected chi connectivity index (χ1v) is 7.92. The van der Waals surface area contributed by atoms with Gasteiger partial charge in [-0.05, 0) is 31.5 Å². The van der Waals surface area contributed by atoms with Crippen LogP contribution in [0.25, 0.3) is 0 Å².